The lowest BCUT2D eigenvalue weighted by Crippen LogP contribution is -2.27. The fourth-order valence-electron chi connectivity index (χ4n) is 3.78. The zero-order valence-corrected chi connectivity index (χ0v) is 18.6. The average Bonchev–Trinajstić information content (AvgIpc) is 3.15. The lowest BCUT2D eigenvalue weighted by atomic mass is 9.99. The molecule has 1 aliphatic heterocycles. The van der Waals surface area contributed by atoms with E-state index in [-0.39, 0.29) is 36.0 Å². The van der Waals surface area contributed by atoms with Crippen LogP contribution < -0.4 is 10.2 Å². The summed E-state index contributed by atoms with van der Waals surface area (Å²) in [6.45, 7) is 5.26. The van der Waals surface area contributed by atoms with Gasteiger partial charge in [0.1, 0.15) is 11.6 Å². The summed E-state index contributed by atoms with van der Waals surface area (Å²) >= 11 is 0. The molecule has 1 amide bonds. The summed E-state index contributed by atoms with van der Waals surface area (Å²) in [4.78, 5) is 27.2. The second-order valence-corrected chi connectivity index (χ2v) is 8.48. The number of aryl methyl sites for hydroxylation is 1. The first-order valence-electron chi connectivity index (χ1n) is 10.7. The topological polar surface area (TPSA) is 71.0 Å². The highest BCUT2D eigenvalue weighted by atomic mass is 19.3. The van der Waals surface area contributed by atoms with Crippen LogP contribution in [-0.2, 0) is 0 Å². The lowest BCUT2D eigenvalue weighted by Gasteiger charge is -2.23. The maximum absolute atomic E-state index is 14.1. The predicted molar refractivity (Wildman–Crippen MR) is 120 cm³/mol. The van der Waals surface area contributed by atoms with Gasteiger partial charge in [0, 0.05) is 43.0 Å². The number of alkyl halides is 2. The molecule has 0 spiro atoms. The van der Waals surface area contributed by atoms with Gasteiger partial charge in [-0.05, 0) is 36.2 Å². The molecule has 0 radical (unpaired) electrons. The van der Waals surface area contributed by atoms with E-state index in [0.29, 0.717) is 17.0 Å². The SMILES string of the molecule is Cc1ccc(F)cc1-c1ccnc(N2CCC(F)(F)C2)c1NC(=O)c1cnc(C(C)C)nc1. The van der Waals surface area contributed by atoms with Gasteiger partial charge in [0.25, 0.3) is 11.8 Å². The van der Waals surface area contributed by atoms with Crippen LogP contribution in [0.25, 0.3) is 11.1 Å². The minimum absolute atomic E-state index is 0.0840. The standard InChI is InChI=1S/C24H24F3N5O/c1-14(2)21-29-11-16(12-30-21)23(33)31-20-18(19-10-17(25)5-4-15(19)3)6-8-28-22(20)32-9-7-24(26,27)13-32/h4-6,8,10-12,14H,7,9,13H2,1-3H3,(H,31,33). The van der Waals surface area contributed by atoms with Crippen molar-refractivity contribution in [3.8, 4) is 11.1 Å². The molecule has 1 aromatic carbocycles. The minimum atomic E-state index is -2.85. The molecule has 0 saturated carbocycles. The van der Waals surface area contributed by atoms with Gasteiger partial charge in [-0.1, -0.05) is 19.9 Å². The Labute approximate surface area is 189 Å². The van der Waals surface area contributed by atoms with Crippen molar-refractivity contribution in [3.05, 3.63) is 65.6 Å². The summed E-state index contributed by atoms with van der Waals surface area (Å²) in [6.07, 6.45) is 4.01. The van der Waals surface area contributed by atoms with Crippen molar-refractivity contribution in [1.29, 1.82) is 0 Å². The fourth-order valence-corrected chi connectivity index (χ4v) is 3.78. The maximum atomic E-state index is 14.1. The number of aromatic nitrogens is 3. The van der Waals surface area contributed by atoms with Gasteiger partial charge in [0.2, 0.25) is 0 Å². The normalized spacial score (nSPS) is 15.2. The van der Waals surface area contributed by atoms with E-state index >= 15 is 0 Å². The molecule has 4 rings (SSSR count). The number of halogens is 3. The predicted octanol–water partition coefficient (Wildman–Crippen LogP) is 5.21. The van der Waals surface area contributed by atoms with Gasteiger partial charge < -0.3 is 10.2 Å². The molecule has 1 fully saturated rings. The third-order valence-electron chi connectivity index (χ3n) is 5.58. The van der Waals surface area contributed by atoms with E-state index in [2.05, 4.69) is 20.3 Å². The van der Waals surface area contributed by atoms with Crippen LogP contribution in [0.15, 0.2) is 42.9 Å². The molecule has 0 unspecified atom stereocenters. The van der Waals surface area contributed by atoms with E-state index in [0.717, 1.165) is 5.56 Å². The highest BCUT2D eigenvalue weighted by Gasteiger charge is 2.40. The number of amides is 1. The average molecular weight is 455 g/mol. The second-order valence-electron chi connectivity index (χ2n) is 8.48. The smallest absolute Gasteiger partial charge is 0.266 e. The van der Waals surface area contributed by atoms with E-state index in [1.54, 1.807) is 12.1 Å². The van der Waals surface area contributed by atoms with Gasteiger partial charge in [-0.3, -0.25) is 4.79 Å². The number of hydrogen-bond acceptors (Lipinski definition) is 5. The van der Waals surface area contributed by atoms with E-state index in [4.69, 9.17) is 0 Å². The molecular weight excluding hydrogens is 431 g/mol. The van der Waals surface area contributed by atoms with Crippen molar-refractivity contribution >= 4 is 17.4 Å². The van der Waals surface area contributed by atoms with Crippen molar-refractivity contribution < 1.29 is 18.0 Å². The summed E-state index contributed by atoms with van der Waals surface area (Å²) in [6, 6.07) is 5.95. The molecule has 3 aromatic rings. The molecule has 0 atom stereocenters. The minimum Gasteiger partial charge on any atom is -0.349 e. The zero-order valence-electron chi connectivity index (χ0n) is 18.6. The van der Waals surface area contributed by atoms with Crippen molar-refractivity contribution in [3.63, 3.8) is 0 Å². The van der Waals surface area contributed by atoms with E-state index in [1.807, 2.05) is 20.8 Å². The van der Waals surface area contributed by atoms with Crippen molar-refractivity contribution in [1.82, 2.24) is 15.0 Å². The summed E-state index contributed by atoms with van der Waals surface area (Å²) in [5.41, 5.74) is 2.23. The Hall–Kier alpha value is -3.49. The molecule has 0 aliphatic carbocycles. The number of carbonyl (C=O) groups is 1. The first-order valence-corrected chi connectivity index (χ1v) is 10.7. The van der Waals surface area contributed by atoms with Crippen LogP contribution in [0.1, 0.15) is 47.9 Å². The summed E-state index contributed by atoms with van der Waals surface area (Å²) in [5, 5.41) is 2.80. The molecule has 1 N–H and O–H groups in total. The number of nitrogens with one attached hydrogen (secondary N) is 1. The summed E-state index contributed by atoms with van der Waals surface area (Å²) in [7, 11) is 0. The van der Waals surface area contributed by atoms with Gasteiger partial charge in [0.05, 0.1) is 17.8 Å². The number of carbonyl (C=O) groups excluding carboxylic acids is 1. The lowest BCUT2D eigenvalue weighted by molar-refractivity contribution is 0.0257. The first kappa shape index (κ1) is 22.7. The van der Waals surface area contributed by atoms with Crippen molar-refractivity contribution in [2.24, 2.45) is 0 Å². The maximum Gasteiger partial charge on any atom is 0.266 e. The van der Waals surface area contributed by atoms with Crippen LogP contribution in [0, 0.1) is 12.7 Å². The zero-order chi connectivity index (χ0) is 23.8. The third kappa shape index (κ3) is 4.81. The van der Waals surface area contributed by atoms with Gasteiger partial charge in [0.15, 0.2) is 5.82 Å². The fraction of sp³-hybridized carbons (Fsp3) is 0.333. The number of hydrogen-bond donors (Lipinski definition) is 1. The highest BCUT2D eigenvalue weighted by molar-refractivity contribution is 6.08. The molecule has 6 nitrogen and oxygen atoms in total. The Morgan fingerprint density at radius 1 is 1.12 bits per heavy atom. The van der Waals surface area contributed by atoms with Gasteiger partial charge in [-0.25, -0.2) is 28.1 Å². The van der Waals surface area contributed by atoms with Crippen molar-refractivity contribution in [2.75, 3.05) is 23.3 Å². The molecule has 33 heavy (non-hydrogen) atoms. The quantitative estimate of drug-likeness (QED) is 0.572. The van der Waals surface area contributed by atoms with E-state index in [1.165, 1.54) is 35.6 Å². The number of rotatable bonds is 5. The highest BCUT2D eigenvalue weighted by Crippen LogP contribution is 2.40. The monoisotopic (exact) mass is 455 g/mol. The van der Waals surface area contributed by atoms with Gasteiger partial charge >= 0.3 is 0 Å². The molecule has 1 aliphatic rings. The van der Waals surface area contributed by atoms with Crippen LogP contribution in [0.2, 0.25) is 0 Å². The molecular formula is C24H24F3N5O. The molecule has 1 saturated heterocycles. The summed E-state index contributed by atoms with van der Waals surface area (Å²) < 4.78 is 42.0. The molecule has 2 aromatic heterocycles. The van der Waals surface area contributed by atoms with Gasteiger partial charge in [-0.2, -0.15) is 0 Å². The van der Waals surface area contributed by atoms with Crippen LogP contribution in [0.4, 0.5) is 24.7 Å². The first-order chi connectivity index (χ1) is 15.6. The number of nitrogens with zero attached hydrogens (tertiary/aromatic N) is 4. The molecule has 9 heteroatoms. The van der Waals surface area contributed by atoms with Crippen LogP contribution in [0.3, 0.4) is 0 Å². The third-order valence-corrected chi connectivity index (χ3v) is 5.58. The van der Waals surface area contributed by atoms with E-state index in [9.17, 15) is 18.0 Å². The molecule has 0 bridgehead atoms. The Morgan fingerprint density at radius 3 is 2.48 bits per heavy atom. The van der Waals surface area contributed by atoms with Gasteiger partial charge in [-0.15, -0.1) is 0 Å². The largest absolute Gasteiger partial charge is 0.349 e. The molecule has 3 heterocycles. The second kappa shape index (κ2) is 8.80. The number of anilines is 2. The Bertz CT molecular complexity index is 1180. The molecule has 172 valence electrons. The van der Waals surface area contributed by atoms with Crippen molar-refractivity contribution in [2.45, 2.75) is 39.0 Å². The van der Waals surface area contributed by atoms with Crippen LogP contribution >= 0.6 is 0 Å². The summed E-state index contributed by atoms with van der Waals surface area (Å²) in [5.74, 6) is -2.90. The Balaban J connectivity index is 1.78. The Kier molecular flexibility index (Phi) is 6.05. The van der Waals surface area contributed by atoms with Crippen LogP contribution in [-0.4, -0.2) is 39.9 Å². The number of pyridine rings is 1. The Morgan fingerprint density at radius 2 is 1.85 bits per heavy atom. The van der Waals surface area contributed by atoms with Crippen LogP contribution in [0.5, 0.6) is 0 Å². The van der Waals surface area contributed by atoms with E-state index < -0.39 is 24.2 Å². The number of benzene rings is 1.